The van der Waals surface area contributed by atoms with Gasteiger partial charge in [-0.2, -0.15) is 0 Å². The van der Waals surface area contributed by atoms with Crippen LogP contribution in [0.4, 0.5) is 5.69 Å². The molecule has 0 saturated carbocycles. The molecule has 1 unspecified atom stereocenters. The van der Waals surface area contributed by atoms with Crippen LogP contribution in [0.2, 0.25) is 0 Å². The number of hydrogen-bond donors (Lipinski definition) is 2. The first-order valence-corrected chi connectivity index (χ1v) is 9.95. The lowest BCUT2D eigenvalue weighted by Crippen LogP contribution is -2.44. The summed E-state index contributed by atoms with van der Waals surface area (Å²) in [5.74, 6) is 1.71. The lowest BCUT2D eigenvalue weighted by atomic mass is 10.2. The Hall–Kier alpha value is -3.22. The molecule has 0 radical (unpaired) electrons. The van der Waals surface area contributed by atoms with Gasteiger partial charge in [0, 0.05) is 38.6 Å². The molecular formula is C22H28N6O. The normalized spacial score (nSPS) is 17.0. The SMILES string of the molecule is CN=C(NCc1cn2ccc(C)cc2n1)NC1CCN(c2ccccc2OC)C1. The lowest BCUT2D eigenvalue weighted by Gasteiger charge is -2.22. The fraction of sp³-hybridized carbons (Fsp3) is 0.364. The van der Waals surface area contributed by atoms with E-state index >= 15 is 0 Å². The first kappa shape index (κ1) is 19.1. The van der Waals surface area contributed by atoms with Gasteiger partial charge in [0.05, 0.1) is 25.0 Å². The van der Waals surface area contributed by atoms with Crippen LogP contribution < -0.4 is 20.3 Å². The average molecular weight is 393 g/mol. The molecule has 7 nitrogen and oxygen atoms in total. The van der Waals surface area contributed by atoms with Crippen LogP contribution in [0.3, 0.4) is 0 Å². The van der Waals surface area contributed by atoms with Gasteiger partial charge in [0.15, 0.2) is 5.96 Å². The molecule has 1 aliphatic heterocycles. The van der Waals surface area contributed by atoms with Crippen molar-refractivity contribution in [1.29, 1.82) is 0 Å². The van der Waals surface area contributed by atoms with Gasteiger partial charge in [-0.05, 0) is 43.2 Å². The molecule has 2 N–H and O–H groups in total. The van der Waals surface area contributed by atoms with E-state index in [-0.39, 0.29) is 0 Å². The molecule has 0 spiro atoms. The summed E-state index contributed by atoms with van der Waals surface area (Å²) in [6.45, 7) is 4.60. The maximum atomic E-state index is 5.51. The minimum Gasteiger partial charge on any atom is -0.495 e. The largest absolute Gasteiger partial charge is 0.495 e. The van der Waals surface area contributed by atoms with Crippen LogP contribution >= 0.6 is 0 Å². The van der Waals surface area contributed by atoms with E-state index in [1.54, 1.807) is 14.2 Å². The van der Waals surface area contributed by atoms with Crippen LogP contribution in [0.15, 0.2) is 53.8 Å². The third-order valence-corrected chi connectivity index (χ3v) is 5.28. The number of rotatable bonds is 5. The number of aryl methyl sites for hydroxylation is 1. The van der Waals surface area contributed by atoms with Crippen molar-refractivity contribution in [2.45, 2.75) is 25.9 Å². The number of benzene rings is 1. The van der Waals surface area contributed by atoms with Crippen LogP contribution in [0.1, 0.15) is 17.7 Å². The van der Waals surface area contributed by atoms with Gasteiger partial charge in [-0.1, -0.05) is 12.1 Å². The smallest absolute Gasteiger partial charge is 0.191 e. The topological polar surface area (TPSA) is 66.2 Å². The Morgan fingerprint density at radius 1 is 1.31 bits per heavy atom. The molecule has 29 heavy (non-hydrogen) atoms. The number of hydrogen-bond acceptors (Lipinski definition) is 4. The summed E-state index contributed by atoms with van der Waals surface area (Å²) in [4.78, 5) is 11.4. The summed E-state index contributed by atoms with van der Waals surface area (Å²) in [6.07, 6.45) is 5.14. The molecule has 1 aromatic carbocycles. The fourth-order valence-corrected chi connectivity index (χ4v) is 3.77. The second-order valence-electron chi connectivity index (χ2n) is 7.38. The Balaban J connectivity index is 1.34. The highest BCUT2D eigenvalue weighted by atomic mass is 16.5. The summed E-state index contributed by atoms with van der Waals surface area (Å²) >= 11 is 0. The number of nitrogens with zero attached hydrogens (tertiary/aromatic N) is 4. The van der Waals surface area contributed by atoms with Gasteiger partial charge < -0.3 is 24.7 Å². The van der Waals surface area contributed by atoms with Gasteiger partial charge in [0.1, 0.15) is 11.4 Å². The molecule has 152 valence electrons. The number of anilines is 1. The van der Waals surface area contributed by atoms with Crippen molar-refractivity contribution in [1.82, 2.24) is 20.0 Å². The summed E-state index contributed by atoms with van der Waals surface area (Å²) in [5.41, 5.74) is 4.30. The summed E-state index contributed by atoms with van der Waals surface area (Å²) < 4.78 is 7.55. The van der Waals surface area contributed by atoms with Crippen LogP contribution in [-0.4, -0.2) is 48.6 Å². The molecule has 7 heteroatoms. The zero-order valence-corrected chi connectivity index (χ0v) is 17.2. The minimum absolute atomic E-state index is 0.329. The van der Waals surface area contributed by atoms with Gasteiger partial charge in [-0.3, -0.25) is 4.99 Å². The third kappa shape index (κ3) is 4.29. The number of ether oxygens (including phenoxy) is 1. The fourth-order valence-electron chi connectivity index (χ4n) is 3.77. The molecule has 2 aromatic heterocycles. The Bertz CT molecular complexity index is 1010. The van der Waals surface area contributed by atoms with Crippen molar-refractivity contribution in [2.75, 3.05) is 32.1 Å². The number of methoxy groups -OCH3 is 1. The van der Waals surface area contributed by atoms with Crippen molar-refractivity contribution >= 4 is 17.3 Å². The number of fused-ring (bicyclic) bond motifs is 1. The van der Waals surface area contributed by atoms with E-state index in [0.717, 1.165) is 48.2 Å². The van der Waals surface area contributed by atoms with Crippen LogP contribution in [-0.2, 0) is 6.54 Å². The molecule has 0 aliphatic carbocycles. The Morgan fingerprint density at radius 3 is 3.00 bits per heavy atom. The number of para-hydroxylation sites is 2. The van der Waals surface area contributed by atoms with Crippen molar-refractivity contribution in [3.05, 3.63) is 60.0 Å². The van der Waals surface area contributed by atoms with Gasteiger partial charge >= 0.3 is 0 Å². The van der Waals surface area contributed by atoms with E-state index in [1.807, 2.05) is 28.9 Å². The molecule has 3 heterocycles. The Kier molecular flexibility index (Phi) is 5.55. The maximum Gasteiger partial charge on any atom is 0.191 e. The second kappa shape index (κ2) is 8.43. The minimum atomic E-state index is 0.329. The monoisotopic (exact) mass is 392 g/mol. The molecule has 1 aliphatic rings. The second-order valence-corrected chi connectivity index (χ2v) is 7.38. The summed E-state index contributed by atoms with van der Waals surface area (Å²) in [6, 6.07) is 12.7. The van der Waals surface area contributed by atoms with Gasteiger partial charge in [0.2, 0.25) is 0 Å². The number of guanidine groups is 1. The zero-order valence-electron chi connectivity index (χ0n) is 17.2. The van der Waals surface area contributed by atoms with Crippen molar-refractivity contribution in [3.8, 4) is 5.75 Å². The van der Waals surface area contributed by atoms with Crippen LogP contribution in [0.5, 0.6) is 5.75 Å². The molecule has 1 atom stereocenters. The van der Waals surface area contributed by atoms with Crippen molar-refractivity contribution in [3.63, 3.8) is 0 Å². The molecule has 4 rings (SSSR count). The molecule has 1 fully saturated rings. The highest BCUT2D eigenvalue weighted by molar-refractivity contribution is 5.80. The first-order chi connectivity index (χ1) is 14.2. The maximum absolute atomic E-state index is 5.51. The molecular weight excluding hydrogens is 364 g/mol. The molecule has 3 aromatic rings. The van der Waals surface area contributed by atoms with Crippen molar-refractivity contribution < 1.29 is 4.74 Å². The predicted octanol–water partition coefficient (Wildman–Crippen LogP) is 2.60. The number of nitrogens with one attached hydrogen (secondary N) is 2. The average Bonchev–Trinajstić information content (AvgIpc) is 3.37. The van der Waals surface area contributed by atoms with Crippen molar-refractivity contribution in [2.24, 2.45) is 4.99 Å². The number of aliphatic imine (C=N–C) groups is 1. The number of imidazole rings is 1. The van der Waals surface area contributed by atoms with E-state index in [0.29, 0.717) is 12.6 Å². The Morgan fingerprint density at radius 2 is 2.17 bits per heavy atom. The molecule has 0 bridgehead atoms. The highest BCUT2D eigenvalue weighted by Crippen LogP contribution is 2.30. The van der Waals surface area contributed by atoms with Crippen LogP contribution in [0, 0.1) is 6.92 Å². The third-order valence-electron chi connectivity index (χ3n) is 5.28. The quantitative estimate of drug-likeness (QED) is 0.516. The molecule has 0 amide bonds. The summed E-state index contributed by atoms with van der Waals surface area (Å²) in [7, 11) is 3.52. The first-order valence-electron chi connectivity index (χ1n) is 9.95. The van der Waals surface area contributed by atoms with E-state index < -0.39 is 0 Å². The van der Waals surface area contributed by atoms with E-state index in [9.17, 15) is 0 Å². The van der Waals surface area contributed by atoms with E-state index in [1.165, 1.54) is 5.56 Å². The number of pyridine rings is 1. The van der Waals surface area contributed by atoms with Gasteiger partial charge in [-0.25, -0.2) is 4.98 Å². The lowest BCUT2D eigenvalue weighted by molar-refractivity contribution is 0.415. The number of aromatic nitrogens is 2. The van der Waals surface area contributed by atoms with Gasteiger partial charge in [0.25, 0.3) is 0 Å². The zero-order chi connectivity index (χ0) is 20.2. The standard InChI is InChI=1S/C22H28N6O/c1-16-8-10-28-15-18(25-21(28)12-16)13-24-22(23-2)26-17-9-11-27(14-17)19-6-4-5-7-20(19)29-3/h4-8,10,12,15,17H,9,11,13-14H2,1-3H3,(H2,23,24,26). The van der Waals surface area contributed by atoms with E-state index in [2.05, 4.69) is 56.7 Å². The van der Waals surface area contributed by atoms with Gasteiger partial charge in [-0.15, -0.1) is 0 Å². The van der Waals surface area contributed by atoms with E-state index in [4.69, 9.17) is 4.74 Å². The predicted molar refractivity (Wildman–Crippen MR) is 117 cm³/mol. The highest BCUT2D eigenvalue weighted by Gasteiger charge is 2.25. The van der Waals surface area contributed by atoms with Crippen LogP contribution in [0.25, 0.3) is 5.65 Å². The molecule has 1 saturated heterocycles. The Labute approximate surface area is 171 Å². The summed E-state index contributed by atoms with van der Waals surface area (Å²) in [5, 5.41) is 6.92.